The van der Waals surface area contributed by atoms with Gasteiger partial charge in [-0.2, -0.15) is 0 Å². The van der Waals surface area contributed by atoms with Gasteiger partial charge in [0.1, 0.15) is 0 Å². The lowest BCUT2D eigenvalue weighted by atomic mass is 10.0. The van der Waals surface area contributed by atoms with Gasteiger partial charge >= 0.3 is 0 Å². The van der Waals surface area contributed by atoms with Crippen LogP contribution in [0.4, 0.5) is 0 Å². The lowest BCUT2D eigenvalue weighted by Gasteiger charge is -2.18. The zero-order valence-electron chi connectivity index (χ0n) is 10.3. The van der Waals surface area contributed by atoms with Crippen LogP contribution >= 0.6 is 39.7 Å². The number of nitrogens with zero attached hydrogens (tertiary/aromatic N) is 1. The third-order valence-corrected chi connectivity index (χ3v) is 4.65. The van der Waals surface area contributed by atoms with E-state index in [1.807, 2.05) is 11.9 Å². The number of halogens is 2. The van der Waals surface area contributed by atoms with Crippen molar-refractivity contribution in [3.05, 3.63) is 20.8 Å². The average molecular weight is 354 g/mol. The molecule has 1 amide bonds. The fourth-order valence-electron chi connectivity index (χ4n) is 2.08. The van der Waals surface area contributed by atoms with Crippen LogP contribution < -0.4 is 5.32 Å². The van der Waals surface area contributed by atoms with Crippen LogP contribution in [-0.4, -0.2) is 30.9 Å². The average Bonchev–Trinajstić information content (AvgIpc) is 2.90. The molecule has 2 rings (SSSR count). The Morgan fingerprint density at radius 3 is 3.00 bits per heavy atom. The molecule has 1 aliphatic heterocycles. The number of hydrogen-bond acceptors (Lipinski definition) is 3. The van der Waals surface area contributed by atoms with Gasteiger partial charge in [-0.1, -0.05) is 0 Å². The van der Waals surface area contributed by atoms with Gasteiger partial charge in [-0.25, -0.2) is 0 Å². The van der Waals surface area contributed by atoms with Gasteiger partial charge in [0.2, 0.25) is 5.91 Å². The molecule has 1 aromatic rings. The highest BCUT2D eigenvalue weighted by molar-refractivity contribution is 9.11. The maximum Gasteiger partial charge on any atom is 0.222 e. The van der Waals surface area contributed by atoms with Crippen molar-refractivity contribution in [2.75, 3.05) is 20.1 Å². The third kappa shape index (κ3) is 4.53. The second kappa shape index (κ2) is 7.48. The Hall–Kier alpha value is -0.100. The van der Waals surface area contributed by atoms with Crippen molar-refractivity contribution in [1.82, 2.24) is 10.2 Å². The highest BCUT2D eigenvalue weighted by atomic mass is 79.9. The SMILES string of the molecule is CN(Cc1csc(Br)c1)C(=O)CC1CCNC1.Cl. The van der Waals surface area contributed by atoms with E-state index in [0.29, 0.717) is 18.9 Å². The Kier molecular flexibility index (Phi) is 6.63. The minimum atomic E-state index is 0. The Morgan fingerprint density at radius 1 is 1.67 bits per heavy atom. The molecular formula is C12H18BrClN2OS. The predicted octanol–water partition coefficient (Wildman–Crippen LogP) is 2.89. The van der Waals surface area contributed by atoms with E-state index in [1.165, 1.54) is 5.56 Å². The molecule has 1 atom stereocenters. The summed E-state index contributed by atoms with van der Waals surface area (Å²) in [5.41, 5.74) is 1.20. The number of thiophene rings is 1. The molecule has 0 bridgehead atoms. The maximum atomic E-state index is 12.0. The van der Waals surface area contributed by atoms with Crippen LogP contribution in [0, 0.1) is 5.92 Å². The van der Waals surface area contributed by atoms with E-state index < -0.39 is 0 Å². The zero-order chi connectivity index (χ0) is 12.3. The van der Waals surface area contributed by atoms with Crippen LogP contribution in [0.25, 0.3) is 0 Å². The number of rotatable bonds is 4. The molecule has 0 radical (unpaired) electrons. The number of carbonyl (C=O) groups is 1. The second-order valence-corrected chi connectivity index (χ2v) is 6.86. The van der Waals surface area contributed by atoms with Crippen molar-refractivity contribution in [2.45, 2.75) is 19.4 Å². The molecular weight excluding hydrogens is 336 g/mol. The van der Waals surface area contributed by atoms with Crippen LogP contribution in [-0.2, 0) is 11.3 Å². The molecule has 1 aliphatic rings. The van der Waals surface area contributed by atoms with Crippen LogP contribution in [0.3, 0.4) is 0 Å². The standard InChI is InChI=1S/C12H17BrN2OS.ClH/c1-15(7-10-4-11(13)17-8-10)12(16)5-9-2-3-14-6-9;/h4,8-9,14H,2-3,5-7H2,1H3;1H. The lowest BCUT2D eigenvalue weighted by Crippen LogP contribution is -2.28. The molecule has 0 spiro atoms. The number of carbonyl (C=O) groups excluding carboxylic acids is 1. The minimum Gasteiger partial charge on any atom is -0.341 e. The van der Waals surface area contributed by atoms with Gasteiger partial charge in [0.15, 0.2) is 0 Å². The van der Waals surface area contributed by atoms with Gasteiger partial charge in [-0.15, -0.1) is 23.7 Å². The minimum absolute atomic E-state index is 0. The Balaban J connectivity index is 0.00000162. The van der Waals surface area contributed by atoms with E-state index in [0.717, 1.165) is 23.3 Å². The first-order valence-electron chi connectivity index (χ1n) is 5.82. The molecule has 1 aromatic heterocycles. The van der Waals surface area contributed by atoms with E-state index >= 15 is 0 Å². The van der Waals surface area contributed by atoms with Gasteiger partial charge in [0.25, 0.3) is 0 Å². The number of nitrogens with one attached hydrogen (secondary N) is 1. The molecule has 0 aromatic carbocycles. The normalized spacial score (nSPS) is 18.4. The molecule has 1 N–H and O–H groups in total. The highest BCUT2D eigenvalue weighted by Crippen LogP contribution is 2.22. The number of amides is 1. The van der Waals surface area contributed by atoms with Crippen molar-refractivity contribution < 1.29 is 4.79 Å². The topological polar surface area (TPSA) is 32.3 Å². The maximum absolute atomic E-state index is 12.0. The summed E-state index contributed by atoms with van der Waals surface area (Å²) >= 11 is 5.10. The van der Waals surface area contributed by atoms with Crippen molar-refractivity contribution >= 4 is 45.6 Å². The highest BCUT2D eigenvalue weighted by Gasteiger charge is 2.20. The third-order valence-electron chi connectivity index (χ3n) is 3.09. The molecule has 0 aliphatic carbocycles. The second-order valence-electron chi connectivity index (χ2n) is 4.57. The Morgan fingerprint density at radius 2 is 2.44 bits per heavy atom. The summed E-state index contributed by atoms with van der Waals surface area (Å²) in [4.78, 5) is 13.8. The van der Waals surface area contributed by atoms with Gasteiger partial charge in [-0.3, -0.25) is 4.79 Å². The summed E-state index contributed by atoms with van der Waals surface area (Å²) in [5, 5.41) is 5.38. The summed E-state index contributed by atoms with van der Waals surface area (Å²) in [5.74, 6) is 0.778. The zero-order valence-corrected chi connectivity index (χ0v) is 13.5. The summed E-state index contributed by atoms with van der Waals surface area (Å²) in [6, 6.07) is 2.07. The van der Waals surface area contributed by atoms with Crippen LogP contribution in [0.2, 0.25) is 0 Å². The van der Waals surface area contributed by atoms with Crippen molar-refractivity contribution in [3.8, 4) is 0 Å². The van der Waals surface area contributed by atoms with E-state index in [9.17, 15) is 4.79 Å². The molecule has 2 heterocycles. The molecule has 102 valence electrons. The summed E-state index contributed by atoms with van der Waals surface area (Å²) in [7, 11) is 1.89. The fraction of sp³-hybridized carbons (Fsp3) is 0.583. The van der Waals surface area contributed by atoms with Crippen molar-refractivity contribution in [1.29, 1.82) is 0 Å². The smallest absolute Gasteiger partial charge is 0.222 e. The Bertz CT molecular complexity index is 393. The van der Waals surface area contributed by atoms with E-state index in [-0.39, 0.29) is 18.3 Å². The Labute approximate surface area is 126 Å². The summed E-state index contributed by atoms with van der Waals surface area (Å²) < 4.78 is 1.12. The van der Waals surface area contributed by atoms with Gasteiger partial charge in [0, 0.05) is 20.0 Å². The summed E-state index contributed by atoms with van der Waals surface area (Å²) in [6.07, 6.45) is 1.80. The molecule has 18 heavy (non-hydrogen) atoms. The van der Waals surface area contributed by atoms with E-state index in [2.05, 4.69) is 32.7 Å². The predicted molar refractivity (Wildman–Crippen MR) is 81.3 cm³/mol. The fourth-order valence-corrected chi connectivity index (χ4v) is 3.28. The molecule has 3 nitrogen and oxygen atoms in total. The lowest BCUT2D eigenvalue weighted by molar-refractivity contribution is -0.131. The van der Waals surface area contributed by atoms with Crippen molar-refractivity contribution in [2.24, 2.45) is 5.92 Å². The van der Waals surface area contributed by atoms with Crippen LogP contribution in [0.15, 0.2) is 15.2 Å². The summed E-state index contributed by atoms with van der Waals surface area (Å²) in [6.45, 7) is 2.75. The van der Waals surface area contributed by atoms with Gasteiger partial charge in [0.05, 0.1) is 3.79 Å². The van der Waals surface area contributed by atoms with Gasteiger partial charge < -0.3 is 10.2 Å². The molecule has 6 heteroatoms. The number of hydrogen-bond donors (Lipinski definition) is 1. The van der Waals surface area contributed by atoms with E-state index in [1.54, 1.807) is 11.3 Å². The first-order valence-corrected chi connectivity index (χ1v) is 7.50. The van der Waals surface area contributed by atoms with Crippen LogP contribution in [0.1, 0.15) is 18.4 Å². The quantitative estimate of drug-likeness (QED) is 0.902. The molecule has 1 fully saturated rings. The monoisotopic (exact) mass is 352 g/mol. The first kappa shape index (κ1) is 16.0. The molecule has 1 unspecified atom stereocenters. The van der Waals surface area contributed by atoms with Crippen molar-refractivity contribution in [3.63, 3.8) is 0 Å². The molecule has 1 saturated heterocycles. The van der Waals surface area contributed by atoms with Crippen LogP contribution in [0.5, 0.6) is 0 Å². The first-order chi connectivity index (χ1) is 8.15. The molecule has 0 saturated carbocycles. The van der Waals surface area contributed by atoms with Gasteiger partial charge in [-0.05, 0) is 58.4 Å². The largest absolute Gasteiger partial charge is 0.341 e. The van der Waals surface area contributed by atoms with E-state index in [4.69, 9.17) is 0 Å².